The van der Waals surface area contributed by atoms with Crippen molar-refractivity contribution < 1.29 is 14.3 Å². The molecule has 0 spiro atoms. The van der Waals surface area contributed by atoms with Gasteiger partial charge < -0.3 is 15.4 Å². The largest absolute Gasteiger partial charge is 0.481 e. The van der Waals surface area contributed by atoms with E-state index in [-0.39, 0.29) is 18.9 Å². The molecular weight excluding hydrogens is 352 g/mol. The number of nitrogens with two attached hydrogens (primary N) is 1. The molecule has 5 nitrogen and oxygen atoms in total. The molecule has 2 aromatic carbocycles. The Morgan fingerprint density at radius 2 is 1.68 bits per heavy atom. The van der Waals surface area contributed by atoms with Crippen molar-refractivity contribution in [3.05, 3.63) is 65.7 Å². The van der Waals surface area contributed by atoms with E-state index in [0.717, 1.165) is 23.3 Å². The highest BCUT2D eigenvalue weighted by Gasteiger charge is 2.24. The van der Waals surface area contributed by atoms with Gasteiger partial charge in [-0.05, 0) is 36.5 Å². The number of hydrogen-bond acceptors (Lipinski definition) is 3. The first-order chi connectivity index (χ1) is 13.4. The van der Waals surface area contributed by atoms with Gasteiger partial charge in [0, 0.05) is 19.5 Å². The van der Waals surface area contributed by atoms with Crippen LogP contribution in [-0.4, -0.2) is 29.4 Å². The number of rotatable bonds is 10. The van der Waals surface area contributed by atoms with E-state index in [2.05, 4.69) is 13.8 Å². The van der Waals surface area contributed by atoms with Crippen LogP contribution in [0.5, 0.6) is 5.75 Å². The van der Waals surface area contributed by atoms with E-state index in [9.17, 15) is 9.59 Å². The third-order valence-corrected chi connectivity index (χ3v) is 4.87. The van der Waals surface area contributed by atoms with Crippen molar-refractivity contribution in [2.45, 2.75) is 52.2 Å². The number of ether oxygens (including phenoxy) is 1. The molecule has 2 unspecified atom stereocenters. The summed E-state index contributed by atoms with van der Waals surface area (Å²) < 4.78 is 6.05. The average Bonchev–Trinajstić information content (AvgIpc) is 2.71. The summed E-state index contributed by atoms with van der Waals surface area (Å²) in [7, 11) is 0. The van der Waals surface area contributed by atoms with Gasteiger partial charge in [0.05, 0.1) is 0 Å². The number of carbonyl (C=O) groups excluding carboxylic acids is 2. The van der Waals surface area contributed by atoms with Crippen LogP contribution in [-0.2, 0) is 16.1 Å². The minimum atomic E-state index is -0.665. The highest BCUT2D eigenvalue weighted by Crippen LogP contribution is 2.29. The Morgan fingerprint density at radius 3 is 2.32 bits per heavy atom. The van der Waals surface area contributed by atoms with E-state index in [0.29, 0.717) is 12.5 Å². The van der Waals surface area contributed by atoms with E-state index in [1.807, 2.05) is 54.6 Å². The van der Waals surface area contributed by atoms with E-state index >= 15 is 0 Å². The summed E-state index contributed by atoms with van der Waals surface area (Å²) >= 11 is 0. The standard InChI is InChI=1S/C23H30N2O3/c1-4-17(2)20-12-8-9-13-21(20)28-18(3)23(27)25(15-14-22(24)26)16-19-10-6-5-7-11-19/h5-13,17-18H,4,14-16H2,1-3H3,(H2,24,26). The number of nitrogens with zero attached hydrogens (tertiary/aromatic N) is 1. The third kappa shape index (κ3) is 6.12. The Bertz CT molecular complexity index is 776. The van der Waals surface area contributed by atoms with Gasteiger partial charge in [0.1, 0.15) is 5.75 Å². The van der Waals surface area contributed by atoms with Crippen LogP contribution in [0.3, 0.4) is 0 Å². The summed E-state index contributed by atoms with van der Waals surface area (Å²) in [4.78, 5) is 25.9. The van der Waals surface area contributed by atoms with Crippen molar-refractivity contribution in [1.29, 1.82) is 0 Å². The van der Waals surface area contributed by atoms with Gasteiger partial charge in [-0.2, -0.15) is 0 Å². The maximum Gasteiger partial charge on any atom is 0.263 e. The molecule has 150 valence electrons. The fourth-order valence-electron chi connectivity index (χ4n) is 3.03. The summed E-state index contributed by atoms with van der Waals surface area (Å²) in [6, 6.07) is 17.5. The minimum Gasteiger partial charge on any atom is -0.481 e. The second-order valence-corrected chi connectivity index (χ2v) is 7.07. The Morgan fingerprint density at radius 1 is 1.04 bits per heavy atom. The molecule has 0 aliphatic rings. The highest BCUT2D eigenvalue weighted by molar-refractivity contribution is 5.82. The van der Waals surface area contributed by atoms with Gasteiger partial charge in [0.15, 0.2) is 6.10 Å². The average molecular weight is 383 g/mol. The second kappa shape index (κ2) is 10.5. The molecule has 0 heterocycles. The molecule has 0 aromatic heterocycles. The van der Waals surface area contributed by atoms with Crippen LogP contribution in [0.15, 0.2) is 54.6 Å². The summed E-state index contributed by atoms with van der Waals surface area (Å²) in [6.45, 7) is 6.69. The molecule has 0 aliphatic heterocycles. The first-order valence-corrected chi connectivity index (χ1v) is 9.79. The maximum atomic E-state index is 13.1. The monoisotopic (exact) mass is 382 g/mol. The Kier molecular flexibility index (Phi) is 8.05. The summed E-state index contributed by atoms with van der Waals surface area (Å²) in [6.07, 6.45) is 0.442. The molecule has 2 rings (SSSR count). The molecule has 0 bridgehead atoms. The summed E-state index contributed by atoms with van der Waals surface area (Å²) in [5, 5.41) is 0. The van der Waals surface area contributed by atoms with Crippen LogP contribution in [0, 0.1) is 0 Å². The molecule has 2 amide bonds. The molecule has 0 aliphatic carbocycles. The fourth-order valence-corrected chi connectivity index (χ4v) is 3.03. The van der Waals surface area contributed by atoms with Crippen LogP contribution < -0.4 is 10.5 Å². The van der Waals surface area contributed by atoms with Gasteiger partial charge in [0.2, 0.25) is 5.91 Å². The van der Waals surface area contributed by atoms with E-state index < -0.39 is 12.0 Å². The SMILES string of the molecule is CCC(C)c1ccccc1OC(C)C(=O)N(CCC(N)=O)Cc1ccccc1. The predicted octanol–water partition coefficient (Wildman–Crippen LogP) is 3.87. The van der Waals surface area contributed by atoms with Crippen LogP contribution in [0.1, 0.15) is 50.7 Å². The number of para-hydroxylation sites is 1. The first-order valence-electron chi connectivity index (χ1n) is 9.79. The zero-order valence-electron chi connectivity index (χ0n) is 16.9. The van der Waals surface area contributed by atoms with Gasteiger partial charge >= 0.3 is 0 Å². The van der Waals surface area contributed by atoms with Crippen LogP contribution >= 0.6 is 0 Å². The summed E-state index contributed by atoms with van der Waals surface area (Å²) in [5.41, 5.74) is 7.38. The number of amides is 2. The quantitative estimate of drug-likeness (QED) is 0.678. The molecule has 0 fully saturated rings. The normalized spacial score (nSPS) is 12.8. The van der Waals surface area contributed by atoms with Gasteiger partial charge in [-0.3, -0.25) is 9.59 Å². The van der Waals surface area contributed by atoms with Gasteiger partial charge in [-0.1, -0.05) is 62.4 Å². The van der Waals surface area contributed by atoms with Crippen molar-refractivity contribution in [3.8, 4) is 5.75 Å². The Labute approximate surface area is 167 Å². The lowest BCUT2D eigenvalue weighted by Gasteiger charge is -2.27. The number of primary amides is 1. The van der Waals surface area contributed by atoms with Crippen molar-refractivity contribution in [3.63, 3.8) is 0 Å². The summed E-state index contributed by atoms with van der Waals surface area (Å²) in [5.74, 6) is 0.478. The third-order valence-electron chi connectivity index (χ3n) is 4.87. The molecule has 2 N–H and O–H groups in total. The molecule has 28 heavy (non-hydrogen) atoms. The van der Waals surface area contributed by atoms with Crippen molar-refractivity contribution >= 4 is 11.8 Å². The second-order valence-electron chi connectivity index (χ2n) is 7.07. The fraction of sp³-hybridized carbons (Fsp3) is 0.391. The number of carbonyl (C=O) groups is 2. The molecule has 0 saturated carbocycles. The van der Waals surface area contributed by atoms with E-state index in [1.54, 1.807) is 11.8 Å². The van der Waals surface area contributed by atoms with Crippen molar-refractivity contribution in [1.82, 2.24) is 4.90 Å². The smallest absolute Gasteiger partial charge is 0.263 e. The lowest BCUT2D eigenvalue weighted by atomic mass is 9.98. The number of hydrogen-bond donors (Lipinski definition) is 1. The van der Waals surface area contributed by atoms with Crippen LogP contribution in [0.25, 0.3) is 0 Å². The maximum absolute atomic E-state index is 13.1. The Hall–Kier alpha value is -2.82. The molecule has 2 aromatic rings. The molecule has 0 radical (unpaired) electrons. The molecule has 2 atom stereocenters. The lowest BCUT2D eigenvalue weighted by Crippen LogP contribution is -2.41. The van der Waals surface area contributed by atoms with Crippen molar-refractivity contribution in [2.24, 2.45) is 5.73 Å². The number of benzene rings is 2. The zero-order valence-corrected chi connectivity index (χ0v) is 16.9. The molecule has 5 heteroatoms. The van der Waals surface area contributed by atoms with Gasteiger partial charge in [-0.15, -0.1) is 0 Å². The molecular formula is C23H30N2O3. The topological polar surface area (TPSA) is 72.6 Å². The van der Waals surface area contributed by atoms with E-state index in [4.69, 9.17) is 10.5 Å². The molecule has 0 saturated heterocycles. The van der Waals surface area contributed by atoms with Crippen molar-refractivity contribution in [2.75, 3.05) is 6.54 Å². The van der Waals surface area contributed by atoms with Gasteiger partial charge in [-0.25, -0.2) is 0 Å². The van der Waals surface area contributed by atoms with Gasteiger partial charge in [0.25, 0.3) is 5.91 Å². The highest BCUT2D eigenvalue weighted by atomic mass is 16.5. The van der Waals surface area contributed by atoms with E-state index in [1.165, 1.54) is 0 Å². The first kappa shape index (κ1) is 21.5. The van der Waals surface area contributed by atoms with Crippen LogP contribution in [0.4, 0.5) is 0 Å². The zero-order chi connectivity index (χ0) is 20.5. The lowest BCUT2D eigenvalue weighted by molar-refractivity contribution is -0.139. The minimum absolute atomic E-state index is 0.120. The predicted molar refractivity (Wildman–Crippen MR) is 111 cm³/mol. The van der Waals surface area contributed by atoms with Crippen LogP contribution in [0.2, 0.25) is 0 Å². The Balaban J connectivity index is 2.15.